The summed E-state index contributed by atoms with van der Waals surface area (Å²) in [5.41, 5.74) is -1.25. The summed E-state index contributed by atoms with van der Waals surface area (Å²) in [4.78, 5) is 9.97. The van der Waals surface area contributed by atoms with Crippen LogP contribution in [0.5, 0.6) is 0 Å². The van der Waals surface area contributed by atoms with Gasteiger partial charge in [0.25, 0.3) is 0 Å². The highest BCUT2D eigenvalue weighted by molar-refractivity contribution is 5.66. The Morgan fingerprint density at radius 1 is 1.60 bits per heavy atom. The fraction of sp³-hybridized carbons (Fsp3) is 0.833. The molecule has 1 atom stereocenters. The van der Waals surface area contributed by atoms with E-state index in [0.717, 1.165) is 0 Å². The molecule has 4 heteroatoms. The Morgan fingerprint density at radius 3 is 2.40 bits per heavy atom. The molecule has 0 bridgehead atoms. The normalized spacial score (nSPS) is 16.3. The minimum absolute atomic E-state index is 0.0822. The third kappa shape index (κ3) is 4.29. The topological polar surface area (TPSA) is 77.8 Å². The molecule has 0 rings (SSSR count). The van der Waals surface area contributed by atoms with E-state index < -0.39 is 18.2 Å². The second kappa shape index (κ2) is 3.53. The molecule has 0 aliphatic carbocycles. The molecule has 0 aromatic carbocycles. The minimum Gasteiger partial charge on any atom is -0.481 e. The first-order valence-electron chi connectivity index (χ1n) is 3.03. The van der Waals surface area contributed by atoms with Crippen LogP contribution >= 0.6 is 0 Å². The summed E-state index contributed by atoms with van der Waals surface area (Å²) in [6, 6.07) is 0. The maximum atomic E-state index is 9.97. The zero-order valence-electron chi connectivity index (χ0n) is 5.87. The van der Waals surface area contributed by atoms with Crippen molar-refractivity contribution in [2.24, 2.45) is 0 Å². The molecule has 0 saturated heterocycles. The van der Waals surface area contributed by atoms with Crippen LogP contribution in [-0.4, -0.2) is 33.5 Å². The van der Waals surface area contributed by atoms with Crippen molar-refractivity contribution in [2.75, 3.05) is 6.61 Å². The van der Waals surface area contributed by atoms with E-state index in [1.54, 1.807) is 0 Å². The van der Waals surface area contributed by atoms with Gasteiger partial charge in [0.1, 0.15) is 0 Å². The summed E-state index contributed by atoms with van der Waals surface area (Å²) < 4.78 is 0. The zero-order chi connectivity index (χ0) is 8.20. The van der Waals surface area contributed by atoms with Crippen LogP contribution in [0.4, 0.5) is 0 Å². The molecule has 0 aromatic heterocycles. The zero-order valence-corrected chi connectivity index (χ0v) is 5.87. The molecule has 0 aromatic rings. The molecule has 3 N–H and O–H groups in total. The highest BCUT2D eigenvalue weighted by atomic mass is 16.4. The smallest absolute Gasteiger partial charge is 0.303 e. The number of carbonyl (C=O) groups is 1. The first kappa shape index (κ1) is 9.39. The van der Waals surface area contributed by atoms with E-state index in [-0.39, 0.29) is 12.8 Å². The lowest BCUT2D eigenvalue weighted by Gasteiger charge is -2.18. The van der Waals surface area contributed by atoms with Crippen LogP contribution in [0.15, 0.2) is 0 Å². The fourth-order valence-electron chi connectivity index (χ4n) is 0.455. The molecular formula is C6H12O4. The molecule has 0 radical (unpaired) electrons. The van der Waals surface area contributed by atoms with Crippen LogP contribution in [0.25, 0.3) is 0 Å². The van der Waals surface area contributed by atoms with Crippen molar-refractivity contribution in [1.82, 2.24) is 0 Å². The second-order valence-corrected chi connectivity index (χ2v) is 2.55. The van der Waals surface area contributed by atoms with Gasteiger partial charge in [-0.05, 0) is 13.3 Å². The van der Waals surface area contributed by atoms with Gasteiger partial charge in [-0.15, -0.1) is 0 Å². The molecule has 0 amide bonds. The van der Waals surface area contributed by atoms with E-state index in [2.05, 4.69) is 0 Å². The molecule has 10 heavy (non-hydrogen) atoms. The lowest BCUT2D eigenvalue weighted by Crippen LogP contribution is -2.29. The van der Waals surface area contributed by atoms with E-state index in [1.807, 2.05) is 0 Å². The van der Waals surface area contributed by atoms with Gasteiger partial charge in [0, 0.05) is 6.42 Å². The molecule has 0 aliphatic rings. The average molecular weight is 148 g/mol. The second-order valence-electron chi connectivity index (χ2n) is 2.55. The number of aliphatic hydroxyl groups is 2. The Bertz CT molecular complexity index is 119. The van der Waals surface area contributed by atoms with Crippen LogP contribution in [0, 0.1) is 0 Å². The lowest BCUT2D eigenvalue weighted by molar-refractivity contribution is -0.138. The van der Waals surface area contributed by atoms with Crippen LogP contribution < -0.4 is 0 Å². The summed E-state index contributed by atoms with van der Waals surface area (Å²) >= 11 is 0. The largest absolute Gasteiger partial charge is 0.481 e. The molecule has 0 saturated carbocycles. The number of hydrogen-bond donors (Lipinski definition) is 3. The number of hydrogen-bond acceptors (Lipinski definition) is 3. The number of aliphatic hydroxyl groups excluding tert-OH is 1. The summed E-state index contributed by atoms with van der Waals surface area (Å²) in [6.45, 7) is 0.996. The molecule has 0 aliphatic heterocycles. The van der Waals surface area contributed by atoms with Gasteiger partial charge in [-0.1, -0.05) is 0 Å². The van der Waals surface area contributed by atoms with E-state index in [1.165, 1.54) is 6.92 Å². The number of carboxylic acid groups (broad SMARTS) is 1. The Kier molecular flexibility index (Phi) is 3.32. The number of aliphatic carboxylic acids is 1. The van der Waals surface area contributed by atoms with Crippen molar-refractivity contribution in [3.05, 3.63) is 0 Å². The monoisotopic (exact) mass is 148 g/mol. The van der Waals surface area contributed by atoms with Gasteiger partial charge in [0.05, 0.1) is 12.2 Å². The lowest BCUT2D eigenvalue weighted by atomic mass is 10.0. The molecular weight excluding hydrogens is 136 g/mol. The Balaban J connectivity index is 3.56. The SMILES string of the molecule is CC(O)(CO)CCC(=O)O. The van der Waals surface area contributed by atoms with E-state index in [4.69, 9.17) is 15.3 Å². The van der Waals surface area contributed by atoms with Gasteiger partial charge in [-0.2, -0.15) is 0 Å². The first-order chi connectivity index (χ1) is 4.48. The molecule has 0 spiro atoms. The van der Waals surface area contributed by atoms with Crippen LogP contribution in [0.1, 0.15) is 19.8 Å². The number of carboxylic acids is 1. The van der Waals surface area contributed by atoms with E-state index in [0.29, 0.717) is 0 Å². The van der Waals surface area contributed by atoms with Gasteiger partial charge in [-0.3, -0.25) is 4.79 Å². The van der Waals surface area contributed by atoms with E-state index in [9.17, 15) is 4.79 Å². The summed E-state index contributed by atoms with van der Waals surface area (Å²) in [6.07, 6.45) is -0.0353. The van der Waals surface area contributed by atoms with Crippen LogP contribution in [0.3, 0.4) is 0 Å². The van der Waals surface area contributed by atoms with Gasteiger partial charge < -0.3 is 15.3 Å². The van der Waals surface area contributed by atoms with E-state index >= 15 is 0 Å². The highest BCUT2D eigenvalue weighted by Gasteiger charge is 2.19. The van der Waals surface area contributed by atoms with Gasteiger partial charge >= 0.3 is 5.97 Å². The Morgan fingerprint density at radius 2 is 2.10 bits per heavy atom. The third-order valence-electron chi connectivity index (χ3n) is 1.22. The van der Waals surface area contributed by atoms with Gasteiger partial charge in [-0.25, -0.2) is 0 Å². The van der Waals surface area contributed by atoms with Crippen LogP contribution in [-0.2, 0) is 4.79 Å². The van der Waals surface area contributed by atoms with Crippen molar-refractivity contribution < 1.29 is 20.1 Å². The van der Waals surface area contributed by atoms with Crippen LogP contribution in [0.2, 0.25) is 0 Å². The van der Waals surface area contributed by atoms with Crippen molar-refractivity contribution in [3.63, 3.8) is 0 Å². The van der Waals surface area contributed by atoms with Crippen molar-refractivity contribution in [2.45, 2.75) is 25.4 Å². The summed E-state index contributed by atoms with van der Waals surface area (Å²) in [5, 5.41) is 25.7. The maximum absolute atomic E-state index is 9.97. The van der Waals surface area contributed by atoms with Gasteiger partial charge in [0.2, 0.25) is 0 Å². The Labute approximate surface area is 59.1 Å². The Hall–Kier alpha value is -0.610. The molecule has 0 heterocycles. The molecule has 60 valence electrons. The average Bonchev–Trinajstić information content (AvgIpc) is 1.85. The maximum Gasteiger partial charge on any atom is 0.303 e. The predicted octanol–water partition coefficient (Wildman–Crippen LogP) is -0.406. The van der Waals surface area contributed by atoms with Crippen molar-refractivity contribution in [3.8, 4) is 0 Å². The summed E-state index contributed by atoms with van der Waals surface area (Å²) in [7, 11) is 0. The third-order valence-corrected chi connectivity index (χ3v) is 1.22. The highest BCUT2D eigenvalue weighted by Crippen LogP contribution is 2.09. The fourth-order valence-corrected chi connectivity index (χ4v) is 0.455. The minimum atomic E-state index is -1.25. The van der Waals surface area contributed by atoms with Gasteiger partial charge in [0.15, 0.2) is 0 Å². The first-order valence-corrected chi connectivity index (χ1v) is 3.03. The number of rotatable bonds is 4. The molecule has 1 unspecified atom stereocenters. The summed E-state index contributed by atoms with van der Waals surface area (Å²) in [5.74, 6) is -0.964. The molecule has 4 nitrogen and oxygen atoms in total. The standard InChI is InChI=1S/C6H12O4/c1-6(10,4-7)3-2-5(8)9/h7,10H,2-4H2,1H3,(H,8,9). The van der Waals surface area contributed by atoms with Crippen molar-refractivity contribution >= 4 is 5.97 Å². The predicted molar refractivity (Wildman–Crippen MR) is 34.6 cm³/mol. The molecule has 0 fully saturated rings. The van der Waals surface area contributed by atoms with Crippen molar-refractivity contribution in [1.29, 1.82) is 0 Å². The quantitative estimate of drug-likeness (QED) is 0.506.